The van der Waals surface area contributed by atoms with Gasteiger partial charge in [0.25, 0.3) is 5.91 Å². The summed E-state index contributed by atoms with van der Waals surface area (Å²) in [7, 11) is 1.94. The van der Waals surface area contributed by atoms with Crippen molar-refractivity contribution in [1.29, 1.82) is 0 Å². The molecule has 0 aliphatic rings. The van der Waals surface area contributed by atoms with Crippen LogP contribution in [-0.2, 0) is 7.05 Å². The lowest BCUT2D eigenvalue weighted by Gasteiger charge is -2.02. The molecule has 2 rings (SSSR count). The molecule has 0 fully saturated rings. The Morgan fingerprint density at radius 2 is 2.19 bits per heavy atom. The lowest BCUT2D eigenvalue weighted by Crippen LogP contribution is -2.11. The highest BCUT2D eigenvalue weighted by atomic mass is 79.9. The fourth-order valence-electron chi connectivity index (χ4n) is 1.63. The van der Waals surface area contributed by atoms with Crippen LogP contribution in [0, 0.1) is 6.92 Å². The molecule has 0 saturated carbocycles. The van der Waals surface area contributed by atoms with Gasteiger partial charge in [-0.1, -0.05) is 0 Å². The summed E-state index contributed by atoms with van der Waals surface area (Å²) >= 11 is 5.05. The van der Waals surface area contributed by atoms with E-state index < -0.39 is 0 Å². The molecule has 0 radical (unpaired) electrons. The second-order valence-corrected chi connectivity index (χ2v) is 5.41. The molecule has 0 aromatic carbocycles. The van der Waals surface area contributed by atoms with Gasteiger partial charge in [-0.25, -0.2) is 0 Å². The number of carbonyl (C=O) groups excluding carboxylic acids is 1. The van der Waals surface area contributed by atoms with Gasteiger partial charge in [0.05, 0.1) is 16.1 Å². The van der Waals surface area contributed by atoms with Gasteiger partial charge in [0.15, 0.2) is 0 Å². The molecule has 0 spiro atoms. The SMILES string of the molecule is Cc1c(C(N)=O)cc(-c2cc(Br)cs2)n1C. The first-order valence-electron chi connectivity index (χ1n) is 4.71. The summed E-state index contributed by atoms with van der Waals surface area (Å²) in [5.41, 5.74) is 7.82. The highest BCUT2D eigenvalue weighted by Gasteiger charge is 2.15. The summed E-state index contributed by atoms with van der Waals surface area (Å²) in [6, 6.07) is 3.88. The smallest absolute Gasteiger partial charge is 0.250 e. The standard InChI is InChI=1S/C11H11BrN2OS/c1-6-8(11(13)15)4-9(14(6)2)10-3-7(12)5-16-10/h3-5H,1-2H3,(H2,13,15). The van der Waals surface area contributed by atoms with Crippen molar-refractivity contribution in [3.63, 3.8) is 0 Å². The van der Waals surface area contributed by atoms with Gasteiger partial charge < -0.3 is 10.3 Å². The number of nitrogens with two attached hydrogens (primary N) is 1. The van der Waals surface area contributed by atoms with Crippen molar-refractivity contribution in [2.45, 2.75) is 6.92 Å². The first-order valence-corrected chi connectivity index (χ1v) is 6.38. The van der Waals surface area contributed by atoms with Crippen LogP contribution in [0.15, 0.2) is 22.0 Å². The maximum absolute atomic E-state index is 11.2. The summed E-state index contributed by atoms with van der Waals surface area (Å²) < 4.78 is 3.03. The Morgan fingerprint density at radius 1 is 1.50 bits per heavy atom. The average Bonchev–Trinajstić information content (AvgIpc) is 2.74. The van der Waals surface area contributed by atoms with E-state index in [1.807, 2.05) is 36.1 Å². The molecule has 84 valence electrons. The molecule has 0 saturated heterocycles. The van der Waals surface area contributed by atoms with Crippen molar-refractivity contribution >= 4 is 33.2 Å². The van der Waals surface area contributed by atoms with Crippen LogP contribution in [0.3, 0.4) is 0 Å². The average molecular weight is 299 g/mol. The van der Waals surface area contributed by atoms with Gasteiger partial charge in [0.2, 0.25) is 0 Å². The molecular weight excluding hydrogens is 288 g/mol. The molecule has 1 amide bonds. The zero-order valence-electron chi connectivity index (χ0n) is 8.95. The third kappa shape index (κ3) is 1.81. The van der Waals surface area contributed by atoms with Gasteiger partial charge in [0.1, 0.15) is 0 Å². The maximum Gasteiger partial charge on any atom is 0.250 e. The lowest BCUT2D eigenvalue weighted by atomic mass is 10.2. The summed E-state index contributed by atoms with van der Waals surface area (Å²) in [4.78, 5) is 12.3. The van der Waals surface area contributed by atoms with E-state index in [9.17, 15) is 4.79 Å². The molecule has 5 heteroatoms. The van der Waals surface area contributed by atoms with E-state index in [1.165, 1.54) is 0 Å². The molecule has 0 aliphatic heterocycles. The highest BCUT2D eigenvalue weighted by molar-refractivity contribution is 9.10. The van der Waals surface area contributed by atoms with Gasteiger partial charge in [-0.05, 0) is 35.0 Å². The number of aromatic nitrogens is 1. The Hall–Kier alpha value is -1.07. The lowest BCUT2D eigenvalue weighted by molar-refractivity contribution is 0.0999. The van der Waals surface area contributed by atoms with Crippen LogP contribution in [0.1, 0.15) is 16.1 Å². The van der Waals surface area contributed by atoms with Crippen LogP contribution in [-0.4, -0.2) is 10.5 Å². The van der Waals surface area contributed by atoms with Crippen molar-refractivity contribution in [2.24, 2.45) is 12.8 Å². The van der Waals surface area contributed by atoms with Crippen LogP contribution in [0.2, 0.25) is 0 Å². The van der Waals surface area contributed by atoms with Crippen LogP contribution in [0.25, 0.3) is 10.6 Å². The highest BCUT2D eigenvalue weighted by Crippen LogP contribution is 2.32. The number of halogens is 1. The minimum absolute atomic E-state index is 0.380. The Bertz CT molecular complexity index is 556. The first kappa shape index (κ1) is 11.4. The van der Waals surface area contributed by atoms with Crippen molar-refractivity contribution in [3.8, 4) is 10.6 Å². The normalized spacial score (nSPS) is 10.7. The number of amides is 1. The Morgan fingerprint density at radius 3 is 2.62 bits per heavy atom. The zero-order chi connectivity index (χ0) is 11.9. The fraction of sp³-hybridized carbons (Fsp3) is 0.182. The number of nitrogens with zero attached hydrogens (tertiary/aromatic N) is 1. The number of hydrogen-bond acceptors (Lipinski definition) is 2. The molecule has 2 heterocycles. The van der Waals surface area contributed by atoms with E-state index in [-0.39, 0.29) is 5.91 Å². The van der Waals surface area contributed by atoms with Gasteiger partial charge in [-0.2, -0.15) is 0 Å². The topological polar surface area (TPSA) is 48.0 Å². The van der Waals surface area contributed by atoms with E-state index in [1.54, 1.807) is 11.3 Å². The minimum atomic E-state index is -0.380. The largest absolute Gasteiger partial charge is 0.366 e. The van der Waals surface area contributed by atoms with Crippen molar-refractivity contribution in [1.82, 2.24) is 4.57 Å². The van der Waals surface area contributed by atoms with Crippen LogP contribution in [0.4, 0.5) is 0 Å². The van der Waals surface area contributed by atoms with Crippen LogP contribution >= 0.6 is 27.3 Å². The number of hydrogen-bond donors (Lipinski definition) is 1. The molecule has 2 aromatic heterocycles. The zero-order valence-corrected chi connectivity index (χ0v) is 11.4. The third-order valence-corrected chi connectivity index (χ3v) is 4.33. The summed E-state index contributed by atoms with van der Waals surface area (Å²) in [6.07, 6.45) is 0. The molecule has 0 aliphatic carbocycles. The van der Waals surface area contributed by atoms with E-state index >= 15 is 0 Å². The predicted octanol–water partition coefficient (Wildman–Crippen LogP) is 2.92. The van der Waals surface area contributed by atoms with E-state index in [0.717, 1.165) is 20.7 Å². The number of carbonyl (C=O) groups is 1. The molecule has 2 N–H and O–H groups in total. The van der Waals surface area contributed by atoms with Crippen molar-refractivity contribution < 1.29 is 4.79 Å². The second-order valence-electron chi connectivity index (χ2n) is 3.58. The first-order chi connectivity index (χ1) is 7.50. The monoisotopic (exact) mass is 298 g/mol. The van der Waals surface area contributed by atoms with E-state index in [4.69, 9.17) is 5.73 Å². The molecule has 16 heavy (non-hydrogen) atoms. The summed E-state index contributed by atoms with van der Waals surface area (Å²) in [5.74, 6) is -0.380. The molecule has 0 bridgehead atoms. The van der Waals surface area contributed by atoms with Gasteiger partial charge >= 0.3 is 0 Å². The van der Waals surface area contributed by atoms with Crippen LogP contribution < -0.4 is 5.73 Å². The number of rotatable bonds is 2. The molecular formula is C11H11BrN2OS. The quantitative estimate of drug-likeness (QED) is 0.910. The third-order valence-electron chi connectivity index (χ3n) is 2.62. The minimum Gasteiger partial charge on any atom is -0.366 e. The Kier molecular flexibility index (Phi) is 2.90. The second kappa shape index (κ2) is 4.07. The predicted molar refractivity (Wildman–Crippen MR) is 69.7 cm³/mol. The van der Waals surface area contributed by atoms with Crippen molar-refractivity contribution in [3.05, 3.63) is 33.2 Å². The summed E-state index contributed by atoms with van der Waals surface area (Å²) in [6.45, 7) is 1.90. The number of primary amides is 1. The van der Waals surface area contributed by atoms with Gasteiger partial charge in [-0.3, -0.25) is 4.79 Å². The Labute approximate surface area is 106 Å². The maximum atomic E-state index is 11.2. The van der Waals surface area contributed by atoms with Crippen molar-refractivity contribution in [2.75, 3.05) is 0 Å². The van der Waals surface area contributed by atoms with Gasteiger partial charge in [0, 0.05) is 22.6 Å². The molecule has 2 aromatic rings. The molecule has 0 atom stereocenters. The molecule has 3 nitrogen and oxygen atoms in total. The van der Waals surface area contributed by atoms with Crippen LogP contribution in [0.5, 0.6) is 0 Å². The fourth-order valence-corrected chi connectivity index (χ4v) is 3.11. The Balaban J connectivity index is 2.58. The molecule has 0 unspecified atom stereocenters. The van der Waals surface area contributed by atoms with Gasteiger partial charge in [-0.15, -0.1) is 11.3 Å². The van der Waals surface area contributed by atoms with E-state index in [0.29, 0.717) is 5.56 Å². The number of thiophene rings is 1. The summed E-state index contributed by atoms with van der Waals surface area (Å²) in [5, 5.41) is 2.02. The van der Waals surface area contributed by atoms with E-state index in [2.05, 4.69) is 15.9 Å².